The van der Waals surface area contributed by atoms with Crippen LogP contribution in [0.5, 0.6) is 0 Å². The summed E-state index contributed by atoms with van der Waals surface area (Å²) in [7, 11) is -3.12. The van der Waals surface area contributed by atoms with E-state index in [4.69, 9.17) is 0 Å². The molecule has 2 heterocycles. The number of hydrogen-bond acceptors (Lipinski definition) is 6. The first kappa shape index (κ1) is 18.5. The van der Waals surface area contributed by atoms with Crippen molar-refractivity contribution in [1.82, 2.24) is 19.9 Å². The van der Waals surface area contributed by atoms with Crippen LogP contribution in [0, 0.1) is 0 Å². The summed E-state index contributed by atoms with van der Waals surface area (Å²) in [5.41, 5.74) is 0.0916. The Hall–Kier alpha value is -2.29. The maximum absolute atomic E-state index is 12.9. The lowest BCUT2D eigenvalue weighted by Crippen LogP contribution is -2.48. The highest BCUT2D eigenvalue weighted by Gasteiger charge is 2.36. The van der Waals surface area contributed by atoms with Crippen molar-refractivity contribution >= 4 is 26.6 Å². The normalized spacial score (nSPS) is 20.2. The van der Waals surface area contributed by atoms with Gasteiger partial charge in [0.15, 0.2) is 9.84 Å². The Morgan fingerprint density at radius 1 is 1.38 bits per heavy atom. The Morgan fingerprint density at radius 2 is 2.12 bits per heavy atom. The number of carbonyl (C=O) groups is 1. The van der Waals surface area contributed by atoms with Crippen LogP contribution in [-0.4, -0.2) is 57.8 Å². The van der Waals surface area contributed by atoms with E-state index < -0.39 is 9.84 Å². The molecule has 140 valence electrons. The minimum Gasteiger partial charge on any atom is -0.334 e. The maximum atomic E-state index is 12.9. The van der Waals surface area contributed by atoms with Crippen LogP contribution in [-0.2, 0) is 21.2 Å². The molecule has 1 fully saturated rings. The van der Waals surface area contributed by atoms with Crippen LogP contribution in [0.3, 0.4) is 0 Å². The Morgan fingerprint density at radius 3 is 2.77 bits per heavy atom. The highest BCUT2D eigenvalue weighted by Crippen LogP contribution is 2.21. The van der Waals surface area contributed by atoms with E-state index in [1.807, 2.05) is 13.8 Å². The first-order chi connectivity index (χ1) is 12.3. The molecule has 0 N–H and O–H groups in total. The number of carbonyl (C=O) groups excluding carboxylic acids is 1. The van der Waals surface area contributed by atoms with Crippen molar-refractivity contribution in [3.8, 4) is 0 Å². The molecule has 1 aromatic carbocycles. The average Bonchev–Trinajstić information content (AvgIpc) is 2.97. The molecule has 1 saturated heterocycles. The Bertz CT molecular complexity index is 986. The number of fused-ring (bicyclic) bond motifs is 1. The van der Waals surface area contributed by atoms with Crippen molar-refractivity contribution in [2.75, 3.05) is 11.5 Å². The zero-order valence-electron chi connectivity index (χ0n) is 14.8. The maximum Gasteiger partial charge on any atom is 0.278 e. The molecule has 1 aromatic heterocycles. The molecule has 26 heavy (non-hydrogen) atoms. The lowest BCUT2D eigenvalue weighted by molar-refractivity contribution is -0.136. The minimum atomic E-state index is -3.12. The van der Waals surface area contributed by atoms with Crippen LogP contribution in [0.25, 0.3) is 10.9 Å². The number of nitrogens with zero attached hydrogens (tertiary/aromatic N) is 4. The summed E-state index contributed by atoms with van der Waals surface area (Å²) in [5.74, 6) is -0.247. The smallest absolute Gasteiger partial charge is 0.278 e. The second-order valence-corrected chi connectivity index (χ2v) is 8.91. The Labute approximate surface area is 151 Å². The number of benzene rings is 1. The van der Waals surface area contributed by atoms with Crippen LogP contribution in [0.1, 0.15) is 26.7 Å². The third-order valence-electron chi connectivity index (χ3n) is 4.87. The average molecular weight is 378 g/mol. The summed E-state index contributed by atoms with van der Waals surface area (Å²) >= 11 is 0. The number of aromatic nitrogens is 3. The van der Waals surface area contributed by atoms with E-state index in [1.165, 1.54) is 0 Å². The molecule has 0 bridgehead atoms. The van der Waals surface area contributed by atoms with Gasteiger partial charge < -0.3 is 4.90 Å². The first-order valence-electron chi connectivity index (χ1n) is 8.66. The highest BCUT2D eigenvalue weighted by molar-refractivity contribution is 7.91. The van der Waals surface area contributed by atoms with Gasteiger partial charge >= 0.3 is 0 Å². The molecule has 1 aliphatic rings. The standard InChI is InChI=1S/C17H22N4O4S/c1-3-12(2)21(13-8-9-26(24,25)11-13)16(22)10-20-17(23)14-6-4-5-7-15(14)18-19-20/h4-7,12-13H,3,8-11H2,1-2H3/t12-,13+/m1/s1. The van der Waals surface area contributed by atoms with Gasteiger partial charge in [-0.1, -0.05) is 24.3 Å². The predicted molar refractivity (Wildman–Crippen MR) is 97.5 cm³/mol. The second-order valence-electron chi connectivity index (χ2n) is 6.68. The van der Waals surface area contributed by atoms with Crippen molar-refractivity contribution in [3.63, 3.8) is 0 Å². The van der Waals surface area contributed by atoms with E-state index >= 15 is 0 Å². The number of rotatable bonds is 5. The monoisotopic (exact) mass is 378 g/mol. The van der Waals surface area contributed by atoms with Crippen LogP contribution >= 0.6 is 0 Å². The van der Waals surface area contributed by atoms with Crippen molar-refractivity contribution in [1.29, 1.82) is 0 Å². The van der Waals surface area contributed by atoms with Crippen LogP contribution in [0.2, 0.25) is 0 Å². The van der Waals surface area contributed by atoms with Gasteiger partial charge in [0.1, 0.15) is 12.1 Å². The quantitative estimate of drug-likeness (QED) is 0.755. The van der Waals surface area contributed by atoms with Gasteiger partial charge in [-0.3, -0.25) is 9.59 Å². The summed E-state index contributed by atoms with van der Waals surface area (Å²) in [6, 6.07) is 6.34. The number of sulfone groups is 1. The van der Waals surface area contributed by atoms with Gasteiger partial charge in [0.05, 0.1) is 16.9 Å². The van der Waals surface area contributed by atoms with Gasteiger partial charge in [-0.2, -0.15) is 0 Å². The molecular formula is C17H22N4O4S. The predicted octanol–water partition coefficient (Wildman–Crippen LogP) is 0.606. The minimum absolute atomic E-state index is 0.0264. The largest absolute Gasteiger partial charge is 0.334 e. The third-order valence-corrected chi connectivity index (χ3v) is 6.62. The van der Waals surface area contributed by atoms with Gasteiger partial charge in [-0.15, -0.1) is 5.10 Å². The fourth-order valence-electron chi connectivity index (χ4n) is 3.34. The molecule has 2 atom stereocenters. The third kappa shape index (κ3) is 3.62. The zero-order valence-corrected chi connectivity index (χ0v) is 15.6. The SMILES string of the molecule is CC[C@@H](C)N(C(=O)Cn1nnc2ccccc2c1=O)[C@H]1CCS(=O)(=O)C1. The van der Waals surface area contributed by atoms with Gasteiger partial charge in [-0.25, -0.2) is 13.1 Å². The highest BCUT2D eigenvalue weighted by atomic mass is 32.2. The van der Waals surface area contributed by atoms with E-state index in [1.54, 1.807) is 29.2 Å². The van der Waals surface area contributed by atoms with E-state index in [0.717, 1.165) is 4.68 Å². The van der Waals surface area contributed by atoms with Gasteiger partial charge in [-0.05, 0) is 31.9 Å². The van der Waals surface area contributed by atoms with Crippen molar-refractivity contribution in [3.05, 3.63) is 34.6 Å². The molecular weight excluding hydrogens is 356 g/mol. The van der Waals surface area contributed by atoms with Crippen LogP contribution in [0.15, 0.2) is 29.1 Å². The zero-order chi connectivity index (χ0) is 18.9. The topological polar surface area (TPSA) is 102 Å². The summed E-state index contributed by atoms with van der Waals surface area (Å²) < 4.78 is 24.7. The van der Waals surface area contributed by atoms with Gasteiger partial charge in [0, 0.05) is 12.1 Å². The Kier molecular flexibility index (Phi) is 5.08. The van der Waals surface area contributed by atoms with Gasteiger partial charge in [0.25, 0.3) is 5.56 Å². The number of hydrogen-bond donors (Lipinski definition) is 0. The summed E-state index contributed by atoms with van der Waals surface area (Å²) in [6.45, 7) is 3.58. The first-order valence-corrected chi connectivity index (χ1v) is 10.5. The lowest BCUT2D eigenvalue weighted by Gasteiger charge is -2.33. The summed E-state index contributed by atoms with van der Waals surface area (Å²) in [5, 5.41) is 8.24. The van der Waals surface area contributed by atoms with Crippen LogP contribution in [0.4, 0.5) is 0 Å². The summed E-state index contributed by atoms with van der Waals surface area (Å²) in [6.07, 6.45) is 1.12. The lowest BCUT2D eigenvalue weighted by atomic mass is 10.1. The molecule has 0 unspecified atom stereocenters. The van der Waals surface area contributed by atoms with E-state index in [2.05, 4.69) is 10.3 Å². The molecule has 0 saturated carbocycles. The van der Waals surface area contributed by atoms with E-state index in [0.29, 0.717) is 23.7 Å². The fraction of sp³-hybridized carbons (Fsp3) is 0.529. The molecule has 2 aromatic rings. The van der Waals surface area contributed by atoms with E-state index in [-0.39, 0.29) is 41.6 Å². The molecule has 0 aliphatic carbocycles. The van der Waals surface area contributed by atoms with Crippen molar-refractivity contribution in [2.24, 2.45) is 0 Å². The Balaban J connectivity index is 1.89. The van der Waals surface area contributed by atoms with Gasteiger partial charge in [0.2, 0.25) is 5.91 Å². The molecule has 0 radical (unpaired) electrons. The molecule has 1 amide bonds. The fourth-order valence-corrected chi connectivity index (χ4v) is 5.05. The van der Waals surface area contributed by atoms with Crippen molar-refractivity contribution < 1.29 is 13.2 Å². The molecule has 9 heteroatoms. The van der Waals surface area contributed by atoms with Crippen molar-refractivity contribution in [2.45, 2.75) is 45.3 Å². The second kappa shape index (κ2) is 7.14. The molecule has 1 aliphatic heterocycles. The molecule has 8 nitrogen and oxygen atoms in total. The van der Waals surface area contributed by atoms with E-state index in [9.17, 15) is 18.0 Å². The molecule has 3 rings (SSSR count). The summed E-state index contributed by atoms with van der Waals surface area (Å²) in [4.78, 5) is 27.1. The molecule has 0 spiro atoms. The number of amides is 1. The van der Waals surface area contributed by atoms with Crippen LogP contribution < -0.4 is 5.56 Å².